The third kappa shape index (κ3) is 4.41. The second-order valence-corrected chi connectivity index (χ2v) is 8.08. The third-order valence-corrected chi connectivity index (χ3v) is 5.80. The number of halogens is 2. The van der Waals surface area contributed by atoms with Gasteiger partial charge in [-0.05, 0) is 48.9 Å². The Hall–Kier alpha value is -1.96. The molecule has 6 nitrogen and oxygen atoms in total. The second-order valence-electron chi connectivity index (χ2n) is 5.35. The molecule has 0 radical (unpaired) electrons. The van der Waals surface area contributed by atoms with Crippen LogP contribution in [-0.2, 0) is 19.6 Å². The van der Waals surface area contributed by atoms with Gasteiger partial charge in [-0.3, -0.25) is 9.10 Å². The molecule has 26 heavy (non-hydrogen) atoms. The van der Waals surface area contributed by atoms with Gasteiger partial charge in [-0.1, -0.05) is 23.2 Å². The molecule has 0 amide bonds. The molecule has 140 valence electrons. The highest BCUT2D eigenvalue weighted by atomic mass is 35.5. The molecule has 0 aliphatic heterocycles. The Kier molecular flexibility index (Phi) is 6.39. The number of nitrogens with zero attached hydrogens (tertiary/aromatic N) is 1. The molecular formula is C17H17Cl2NO5S. The van der Waals surface area contributed by atoms with Crippen molar-refractivity contribution in [3.63, 3.8) is 0 Å². The maximum Gasteiger partial charge on any atom is 0.326 e. The molecule has 0 unspecified atom stereocenters. The summed E-state index contributed by atoms with van der Waals surface area (Å²) in [6.45, 7) is 1.19. The van der Waals surface area contributed by atoms with Crippen molar-refractivity contribution in [3.05, 3.63) is 52.0 Å². The van der Waals surface area contributed by atoms with Crippen molar-refractivity contribution in [1.82, 2.24) is 0 Å². The molecule has 9 heteroatoms. The van der Waals surface area contributed by atoms with Crippen LogP contribution in [-0.4, -0.2) is 35.2 Å². The molecule has 0 N–H and O–H groups in total. The average molecular weight is 418 g/mol. The van der Waals surface area contributed by atoms with Gasteiger partial charge in [-0.25, -0.2) is 8.42 Å². The predicted molar refractivity (Wildman–Crippen MR) is 101 cm³/mol. The summed E-state index contributed by atoms with van der Waals surface area (Å²) < 4.78 is 37.0. The zero-order valence-corrected chi connectivity index (χ0v) is 16.7. The highest BCUT2D eigenvalue weighted by Gasteiger charge is 2.28. The standard InChI is InChI=1S/C17H17Cl2NO5S/c1-11-6-15(4-5-16(11)24-2)26(22,23)20(10-17(21)25-3)14-8-12(18)7-13(19)9-14/h4-9H,10H2,1-3H3. The minimum Gasteiger partial charge on any atom is -0.496 e. The molecule has 0 aliphatic carbocycles. The van der Waals surface area contributed by atoms with E-state index >= 15 is 0 Å². The highest BCUT2D eigenvalue weighted by molar-refractivity contribution is 7.92. The van der Waals surface area contributed by atoms with Crippen molar-refractivity contribution in [2.45, 2.75) is 11.8 Å². The maximum absolute atomic E-state index is 13.1. The molecule has 0 saturated carbocycles. The smallest absolute Gasteiger partial charge is 0.326 e. The molecule has 0 bridgehead atoms. The number of methoxy groups -OCH3 is 2. The van der Waals surface area contributed by atoms with Gasteiger partial charge in [-0.15, -0.1) is 0 Å². The molecule has 2 aromatic rings. The van der Waals surface area contributed by atoms with Crippen molar-refractivity contribution in [1.29, 1.82) is 0 Å². The first-order valence-electron chi connectivity index (χ1n) is 7.39. The second kappa shape index (κ2) is 8.16. The Morgan fingerprint density at radius 2 is 1.69 bits per heavy atom. The number of ether oxygens (including phenoxy) is 2. The average Bonchev–Trinajstić information content (AvgIpc) is 2.58. The van der Waals surface area contributed by atoms with Crippen LogP contribution < -0.4 is 9.04 Å². The van der Waals surface area contributed by atoms with E-state index < -0.39 is 22.5 Å². The number of benzene rings is 2. The Morgan fingerprint density at radius 1 is 1.08 bits per heavy atom. The predicted octanol–water partition coefficient (Wildman–Crippen LogP) is 3.68. The first kappa shape index (κ1) is 20.4. The maximum atomic E-state index is 13.1. The van der Waals surface area contributed by atoms with E-state index in [2.05, 4.69) is 4.74 Å². The molecule has 0 spiro atoms. The largest absolute Gasteiger partial charge is 0.496 e. The fraction of sp³-hybridized carbons (Fsp3) is 0.235. The van der Waals surface area contributed by atoms with Crippen LogP contribution >= 0.6 is 23.2 Å². The lowest BCUT2D eigenvalue weighted by atomic mass is 10.2. The van der Waals surface area contributed by atoms with Crippen LogP contribution in [0.1, 0.15) is 5.56 Å². The van der Waals surface area contributed by atoms with E-state index in [1.54, 1.807) is 13.0 Å². The third-order valence-electron chi connectivity index (χ3n) is 3.59. The van der Waals surface area contributed by atoms with Crippen LogP contribution in [0.15, 0.2) is 41.3 Å². The van der Waals surface area contributed by atoms with E-state index in [0.29, 0.717) is 11.3 Å². The summed E-state index contributed by atoms with van der Waals surface area (Å²) in [7, 11) is -1.41. The van der Waals surface area contributed by atoms with Crippen LogP contribution in [0.2, 0.25) is 10.0 Å². The quantitative estimate of drug-likeness (QED) is 0.670. The number of carbonyl (C=O) groups is 1. The van der Waals surface area contributed by atoms with Gasteiger partial charge in [0.05, 0.1) is 24.8 Å². The molecule has 2 rings (SSSR count). The van der Waals surface area contributed by atoms with Crippen molar-refractivity contribution in [3.8, 4) is 5.75 Å². The monoisotopic (exact) mass is 417 g/mol. The van der Waals surface area contributed by atoms with Crippen molar-refractivity contribution >= 4 is 44.9 Å². The van der Waals surface area contributed by atoms with Crippen LogP contribution in [0.3, 0.4) is 0 Å². The molecule has 0 atom stereocenters. The van der Waals surface area contributed by atoms with Gasteiger partial charge < -0.3 is 9.47 Å². The Labute approximate surface area is 162 Å². The molecule has 0 aliphatic rings. The van der Waals surface area contributed by atoms with Gasteiger partial charge in [0.15, 0.2) is 0 Å². The lowest BCUT2D eigenvalue weighted by Gasteiger charge is -2.24. The summed E-state index contributed by atoms with van der Waals surface area (Å²) in [5.41, 5.74) is 0.789. The van der Waals surface area contributed by atoms with Gasteiger partial charge >= 0.3 is 5.97 Å². The first-order valence-corrected chi connectivity index (χ1v) is 9.59. The van der Waals surface area contributed by atoms with E-state index in [1.807, 2.05) is 0 Å². The Bertz CT molecular complexity index is 910. The summed E-state index contributed by atoms with van der Waals surface area (Å²) in [4.78, 5) is 11.8. The van der Waals surface area contributed by atoms with Gasteiger partial charge in [-0.2, -0.15) is 0 Å². The number of carbonyl (C=O) groups excluding carboxylic acids is 1. The number of hydrogen-bond donors (Lipinski definition) is 0. The number of sulfonamides is 1. The Balaban J connectivity index is 2.59. The van der Waals surface area contributed by atoms with Gasteiger partial charge in [0.2, 0.25) is 0 Å². The number of anilines is 1. The fourth-order valence-corrected chi connectivity index (χ4v) is 4.31. The summed E-state index contributed by atoms with van der Waals surface area (Å²) in [5, 5.41) is 0.479. The number of hydrogen-bond acceptors (Lipinski definition) is 5. The van der Waals surface area contributed by atoms with Crippen LogP contribution in [0.5, 0.6) is 5.75 Å². The summed E-state index contributed by atoms with van der Waals surface area (Å²) in [6, 6.07) is 8.69. The fourth-order valence-electron chi connectivity index (χ4n) is 2.32. The van der Waals surface area contributed by atoms with E-state index in [9.17, 15) is 13.2 Å². The van der Waals surface area contributed by atoms with Crippen molar-refractivity contribution in [2.24, 2.45) is 0 Å². The molecule has 0 heterocycles. The van der Waals surface area contributed by atoms with Gasteiger partial charge in [0.1, 0.15) is 12.3 Å². The number of rotatable bonds is 6. The summed E-state index contributed by atoms with van der Waals surface area (Å²) in [5.74, 6) is -0.177. The topological polar surface area (TPSA) is 72.9 Å². The molecular weight excluding hydrogens is 401 g/mol. The zero-order valence-electron chi connectivity index (χ0n) is 14.3. The molecule has 2 aromatic carbocycles. The highest BCUT2D eigenvalue weighted by Crippen LogP contribution is 2.31. The van der Waals surface area contributed by atoms with Crippen LogP contribution in [0.4, 0.5) is 5.69 Å². The van der Waals surface area contributed by atoms with Gasteiger partial charge in [0.25, 0.3) is 10.0 Å². The Morgan fingerprint density at radius 3 is 2.19 bits per heavy atom. The van der Waals surface area contributed by atoms with E-state index in [0.717, 1.165) is 4.31 Å². The van der Waals surface area contributed by atoms with E-state index in [4.69, 9.17) is 27.9 Å². The van der Waals surface area contributed by atoms with Crippen LogP contribution in [0, 0.1) is 6.92 Å². The lowest BCUT2D eigenvalue weighted by molar-refractivity contribution is -0.138. The normalized spacial score (nSPS) is 11.1. The molecule has 0 fully saturated rings. The summed E-state index contributed by atoms with van der Waals surface area (Å²) in [6.07, 6.45) is 0. The lowest BCUT2D eigenvalue weighted by Crippen LogP contribution is -2.36. The summed E-state index contributed by atoms with van der Waals surface area (Å²) >= 11 is 12.0. The minimum atomic E-state index is -4.08. The van der Waals surface area contributed by atoms with E-state index in [1.165, 1.54) is 44.6 Å². The molecule has 0 aromatic heterocycles. The number of aryl methyl sites for hydroxylation is 1. The minimum absolute atomic E-state index is 0.00389. The van der Waals surface area contributed by atoms with E-state index in [-0.39, 0.29) is 20.6 Å². The van der Waals surface area contributed by atoms with Crippen molar-refractivity contribution in [2.75, 3.05) is 25.1 Å². The molecule has 0 saturated heterocycles. The number of esters is 1. The zero-order chi connectivity index (χ0) is 19.5. The van der Waals surface area contributed by atoms with Crippen LogP contribution in [0.25, 0.3) is 0 Å². The van der Waals surface area contributed by atoms with Crippen molar-refractivity contribution < 1.29 is 22.7 Å². The first-order chi connectivity index (χ1) is 12.2. The van der Waals surface area contributed by atoms with Gasteiger partial charge in [0, 0.05) is 10.0 Å². The SMILES string of the molecule is COC(=O)CN(c1cc(Cl)cc(Cl)c1)S(=O)(=O)c1ccc(OC)c(C)c1.